The van der Waals surface area contributed by atoms with Crippen LogP contribution in [0.25, 0.3) is 11.1 Å². The average molecular weight is 311 g/mol. The summed E-state index contributed by atoms with van der Waals surface area (Å²) in [7, 11) is 0. The molecule has 2 aromatic rings. The molecular weight excluding hydrogens is 302 g/mol. The molecule has 0 heterocycles. The van der Waals surface area contributed by atoms with Crippen molar-refractivity contribution in [3.8, 4) is 11.1 Å². The van der Waals surface area contributed by atoms with Gasteiger partial charge in [-0.3, -0.25) is 4.79 Å². The number of amides is 1. The third kappa shape index (κ3) is 2.51. The van der Waals surface area contributed by atoms with Gasteiger partial charge in [-0.2, -0.15) is 0 Å². The molecule has 0 aliphatic heterocycles. The van der Waals surface area contributed by atoms with Crippen molar-refractivity contribution in [1.29, 1.82) is 0 Å². The quantitative estimate of drug-likeness (QED) is 0.899. The van der Waals surface area contributed by atoms with E-state index in [9.17, 15) is 4.79 Å². The van der Waals surface area contributed by atoms with E-state index in [1.807, 2.05) is 24.3 Å². The van der Waals surface area contributed by atoms with Gasteiger partial charge in [0.1, 0.15) is 0 Å². The Bertz CT molecular complexity index is 566. The van der Waals surface area contributed by atoms with Gasteiger partial charge in [-0.05, 0) is 29.8 Å². The maximum absolute atomic E-state index is 11.4. The lowest BCUT2D eigenvalue weighted by Gasteiger charge is -2.09. The van der Waals surface area contributed by atoms with Crippen LogP contribution in [0.15, 0.2) is 46.9 Å². The van der Waals surface area contributed by atoms with Gasteiger partial charge in [-0.15, -0.1) is 0 Å². The molecule has 1 amide bonds. The van der Waals surface area contributed by atoms with Crippen molar-refractivity contribution in [3.63, 3.8) is 0 Å². The van der Waals surface area contributed by atoms with Gasteiger partial charge in [-0.25, -0.2) is 0 Å². The summed E-state index contributed by atoms with van der Waals surface area (Å²) in [5.41, 5.74) is 7.32. The molecule has 0 aliphatic carbocycles. The van der Waals surface area contributed by atoms with Crippen molar-refractivity contribution in [1.82, 2.24) is 0 Å². The molecule has 2 rings (SSSR count). The molecule has 86 valence electrons. The van der Waals surface area contributed by atoms with Crippen molar-refractivity contribution in [3.05, 3.63) is 57.5 Å². The third-order valence-corrected chi connectivity index (χ3v) is 3.26. The Morgan fingerprint density at radius 3 is 2.35 bits per heavy atom. The van der Waals surface area contributed by atoms with E-state index < -0.39 is 5.91 Å². The molecule has 0 unspecified atom stereocenters. The zero-order valence-corrected chi connectivity index (χ0v) is 11.1. The van der Waals surface area contributed by atoms with Crippen LogP contribution in [-0.2, 0) is 0 Å². The van der Waals surface area contributed by atoms with Crippen LogP contribution in [0.2, 0.25) is 5.02 Å². The fourth-order valence-electron chi connectivity index (χ4n) is 1.64. The number of halogens is 2. The van der Waals surface area contributed by atoms with E-state index in [0.29, 0.717) is 16.1 Å². The number of nitrogens with two attached hydrogens (primary N) is 1. The normalized spacial score (nSPS) is 10.2. The summed E-state index contributed by atoms with van der Waals surface area (Å²) in [5, 5.41) is 0.517. The van der Waals surface area contributed by atoms with Gasteiger partial charge in [0.15, 0.2) is 0 Å². The Morgan fingerprint density at radius 2 is 1.76 bits per heavy atom. The molecule has 0 radical (unpaired) electrons. The SMILES string of the molecule is NC(=O)c1cccc(Cl)c1-c1ccc(Br)cc1. The number of hydrogen-bond acceptors (Lipinski definition) is 1. The van der Waals surface area contributed by atoms with Gasteiger partial charge in [-0.1, -0.05) is 45.7 Å². The third-order valence-electron chi connectivity index (χ3n) is 2.41. The summed E-state index contributed by atoms with van der Waals surface area (Å²) < 4.78 is 0.967. The number of rotatable bonds is 2. The monoisotopic (exact) mass is 309 g/mol. The van der Waals surface area contributed by atoms with Crippen LogP contribution in [0.5, 0.6) is 0 Å². The van der Waals surface area contributed by atoms with Crippen LogP contribution in [0.4, 0.5) is 0 Å². The molecule has 0 fully saturated rings. The summed E-state index contributed by atoms with van der Waals surface area (Å²) in [6.45, 7) is 0. The average Bonchev–Trinajstić information content (AvgIpc) is 2.30. The van der Waals surface area contributed by atoms with E-state index in [2.05, 4.69) is 15.9 Å². The molecule has 2 nitrogen and oxygen atoms in total. The maximum atomic E-state index is 11.4. The Kier molecular flexibility index (Phi) is 3.50. The zero-order valence-electron chi connectivity index (χ0n) is 8.78. The van der Waals surface area contributed by atoms with Crippen molar-refractivity contribution in [2.45, 2.75) is 0 Å². The fraction of sp³-hybridized carbons (Fsp3) is 0. The molecule has 2 N–H and O–H groups in total. The largest absolute Gasteiger partial charge is 0.366 e. The molecule has 0 atom stereocenters. The van der Waals surface area contributed by atoms with Gasteiger partial charge in [0.2, 0.25) is 5.91 Å². The van der Waals surface area contributed by atoms with Crippen LogP contribution in [0.1, 0.15) is 10.4 Å². The van der Waals surface area contributed by atoms with Crippen molar-refractivity contribution in [2.75, 3.05) is 0 Å². The van der Waals surface area contributed by atoms with Crippen molar-refractivity contribution >= 4 is 33.4 Å². The standard InChI is InChI=1S/C13H9BrClNO/c14-9-6-4-8(5-7-9)12-10(13(16)17)2-1-3-11(12)15/h1-7H,(H2,16,17). The van der Waals surface area contributed by atoms with E-state index in [4.69, 9.17) is 17.3 Å². The van der Waals surface area contributed by atoms with Gasteiger partial charge in [0.25, 0.3) is 0 Å². The lowest BCUT2D eigenvalue weighted by Crippen LogP contribution is -2.12. The molecule has 2 aromatic carbocycles. The van der Waals surface area contributed by atoms with E-state index >= 15 is 0 Å². The Labute approximate surface area is 113 Å². The van der Waals surface area contributed by atoms with Crippen LogP contribution in [0, 0.1) is 0 Å². The van der Waals surface area contributed by atoms with E-state index in [-0.39, 0.29) is 0 Å². The molecule has 0 aliphatic rings. The summed E-state index contributed by atoms with van der Waals surface area (Å²) >= 11 is 9.49. The highest BCUT2D eigenvalue weighted by Gasteiger charge is 2.13. The number of carbonyl (C=O) groups is 1. The summed E-state index contributed by atoms with van der Waals surface area (Å²) in [4.78, 5) is 11.4. The Hall–Kier alpha value is -1.32. The van der Waals surface area contributed by atoms with Gasteiger partial charge in [0, 0.05) is 20.6 Å². The molecule has 0 saturated carbocycles. The second-order valence-electron chi connectivity index (χ2n) is 3.53. The number of hydrogen-bond donors (Lipinski definition) is 1. The topological polar surface area (TPSA) is 43.1 Å². The molecule has 4 heteroatoms. The number of benzene rings is 2. The minimum Gasteiger partial charge on any atom is -0.366 e. The van der Waals surface area contributed by atoms with Crippen LogP contribution >= 0.6 is 27.5 Å². The van der Waals surface area contributed by atoms with E-state index in [1.165, 1.54) is 0 Å². The van der Waals surface area contributed by atoms with Gasteiger partial charge < -0.3 is 5.73 Å². The second kappa shape index (κ2) is 4.90. The zero-order chi connectivity index (χ0) is 12.4. The molecule has 0 bridgehead atoms. The first-order valence-corrected chi connectivity index (χ1v) is 6.11. The predicted octanol–water partition coefficient (Wildman–Crippen LogP) is 3.87. The van der Waals surface area contributed by atoms with Gasteiger partial charge >= 0.3 is 0 Å². The number of carbonyl (C=O) groups excluding carboxylic acids is 1. The molecule has 0 aromatic heterocycles. The molecular formula is C13H9BrClNO. The minimum absolute atomic E-state index is 0.430. The first-order valence-electron chi connectivity index (χ1n) is 4.94. The van der Waals surface area contributed by atoms with Crippen LogP contribution < -0.4 is 5.73 Å². The van der Waals surface area contributed by atoms with Gasteiger partial charge in [0.05, 0.1) is 0 Å². The lowest BCUT2D eigenvalue weighted by atomic mass is 9.99. The summed E-state index contributed by atoms with van der Waals surface area (Å²) in [6.07, 6.45) is 0. The van der Waals surface area contributed by atoms with Crippen LogP contribution in [-0.4, -0.2) is 5.91 Å². The van der Waals surface area contributed by atoms with Crippen LogP contribution in [0.3, 0.4) is 0 Å². The molecule has 0 spiro atoms. The smallest absolute Gasteiger partial charge is 0.249 e. The summed E-state index contributed by atoms with van der Waals surface area (Å²) in [5.74, 6) is -0.481. The first kappa shape index (κ1) is 12.1. The molecule has 17 heavy (non-hydrogen) atoms. The highest BCUT2D eigenvalue weighted by molar-refractivity contribution is 9.10. The molecule has 0 saturated heterocycles. The lowest BCUT2D eigenvalue weighted by molar-refractivity contribution is 0.100. The second-order valence-corrected chi connectivity index (χ2v) is 4.86. The minimum atomic E-state index is -0.481. The fourth-order valence-corrected chi connectivity index (χ4v) is 2.19. The Balaban J connectivity index is 2.65. The van der Waals surface area contributed by atoms with E-state index in [1.54, 1.807) is 18.2 Å². The summed E-state index contributed by atoms with van der Waals surface area (Å²) in [6, 6.07) is 12.7. The Morgan fingerprint density at radius 1 is 1.12 bits per heavy atom. The maximum Gasteiger partial charge on any atom is 0.249 e. The van der Waals surface area contributed by atoms with Crippen molar-refractivity contribution in [2.24, 2.45) is 5.73 Å². The highest BCUT2D eigenvalue weighted by atomic mass is 79.9. The predicted molar refractivity (Wildman–Crippen MR) is 73.1 cm³/mol. The number of primary amides is 1. The highest BCUT2D eigenvalue weighted by Crippen LogP contribution is 2.31. The first-order chi connectivity index (χ1) is 8.09. The van der Waals surface area contributed by atoms with Crippen molar-refractivity contribution < 1.29 is 4.79 Å². The van der Waals surface area contributed by atoms with E-state index in [0.717, 1.165) is 10.0 Å².